The zero-order chi connectivity index (χ0) is 14.1. The molecule has 0 aromatic heterocycles. The lowest BCUT2D eigenvalue weighted by atomic mass is 9.76. The molecule has 1 aliphatic carbocycles. The van der Waals surface area contributed by atoms with Crippen LogP contribution in [0.2, 0.25) is 5.02 Å². The van der Waals surface area contributed by atoms with Gasteiger partial charge in [0, 0.05) is 11.6 Å². The first kappa shape index (κ1) is 14.5. The van der Waals surface area contributed by atoms with Gasteiger partial charge in [0.1, 0.15) is 5.60 Å². The van der Waals surface area contributed by atoms with Crippen LogP contribution in [-0.4, -0.2) is 17.3 Å². The molecule has 4 N–H and O–H groups in total. The summed E-state index contributed by atoms with van der Waals surface area (Å²) >= 11 is 5.88. The lowest BCUT2D eigenvalue weighted by molar-refractivity contribution is -0.0117. The van der Waals surface area contributed by atoms with E-state index in [1.165, 1.54) is 0 Å². The molecule has 4 heteroatoms. The fraction of sp³-hybridized carbons (Fsp3) is 0.467. The summed E-state index contributed by atoms with van der Waals surface area (Å²) in [5, 5.41) is 11.7. The van der Waals surface area contributed by atoms with Crippen LogP contribution in [0.15, 0.2) is 29.8 Å². The van der Waals surface area contributed by atoms with Crippen molar-refractivity contribution in [1.29, 1.82) is 0 Å². The number of halogens is 1. The van der Waals surface area contributed by atoms with Crippen molar-refractivity contribution in [2.75, 3.05) is 6.54 Å². The van der Waals surface area contributed by atoms with Crippen molar-refractivity contribution >= 4 is 17.7 Å². The Hall–Kier alpha value is -0.870. The summed E-state index contributed by atoms with van der Waals surface area (Å²) in [6.45, 7) is 4.51. The summed E-state index contributed by atoms with van der Waals surface area (Å²) in [4.78, 5) is 0. The van der Waals surface area contributed by atoms with Crippen LogP contribution in [0.3, 0.4) is 0 Å². The third-order valence-electron chi connectivity index (χ3n) is 4.24. The second kappa shape index (κ2) is 5.25. The molecule has 19 heavy (non-hydrogen) atoms. The van der Waals surface area contributed by atoms with E-state index >= 15 is 0 Å². The molecule has 1 aromatic rings. The molecular weight excluding hydrogens is 260 g/mol. The molecular formula is C15H21ClN2O. The van der Waals surface area contributed by atoms with Gasteiger partial charge >= 0.3 is 0 Å². The van der Waals surface area contributed by atoms with Crippen LogP contribution in [0.5, 0.6) is 0 Å². The summed E-state index contributed by atoms with van der Waals surface area (Å²) < 4.78 is 0. The van der Waals surface area contributed by atoms with E-state index in [2.05, 4.69) is 19.3 Å². The molecule has 0 amide bonds. The Kier molecular flexibility index (Phi) is 4.02. The molecule has 1 aromatic carbocycles. The van der Waals surface area contributed by atoms with Crippen molar-refractivity contribution in [1.82, 2.24) is 5.43 Å². The number of hydrogen-bond donors (Lipinski definition) is 3. The molecule has 1 fully saturated rings. The van der Waals surface area contributed by atoms with E-state index in [0.29, 0.717) is 11.6 Å². The highest BCUT2D eigenvalue weighted by Crippen LogP contribution is 2.49. The maximum atomic E-state index is 11.0. The first-order chi connectivity index (χ1) is 8.89. The Morgan fingerprint density at radius 3 is 2.58 bits per heavy atom. The van der Waals surface area contributed by atoms with E-state index in [1.807, 2.05) is 30.3 Å². The third kappa shape index (κ3) is 2.70. The van der Waals surface area contributed by atoms with Crippen LogP contribution in [0.4, 0.5) is 0 Å². The average molecular weight is 281 g/mol. The third-order valence-corrected chi connectivity index (χ3v) is 4.49. The minimum Gasteiger partial charge on any atom is -0.384 e. The van der Waals surface area contributed by atoms with Gasteiger partial charge in [-0.05, 0) is 41.5 Å². The SMILES string of the molecule is CC1(C)CC/C(=C\c2ccc(Cl)cc2)C1(O)CNN. The van der Waals surface area contributed by atoms with Gasteiger partial charge in [-0.3, -0.25) is 11.3 Å². The van der Waals surface area contributed by atoms with E-state index in [4.69, 9.17) is 17.4 Å². The second-order valence-electron chi connectivity index (χ2n) is 5.85. The highest BCUT2D eigenvalue weighted by molar-refractivity contribution is 6.30. The lowest BCUT2D eigenvalue weighted by Crippen LogP contribution is -2.51. The van der Waals surface area contributed by atoms with E-state index in [1.54, 1.807) is 0 Å². The van der Waals surface area contributed by atoms with E-state index in [0.717, 1.165) is 24.0 Å². The quantitative estimate of drug-likeness (QED) is 0.589. The number of nitrogens with one attached hydrogen (secondary N) is 1. The molecule has 1 saturated carbocycles. The maximum absolute atomic E-state index is 11.0. The van der Waals surface area contributed by atoms with Crippen molar-refractivity contribution in [3.63, 3.8) is 0 Å². The molecule has 3 nitrogen and oxygen atoms in total. The molecule has 0 heterocycles. The predicted molar refractivity (Wildman–Crippen MR) is 79.6 cm³/mol. The first-order valence-corrected chi connectivity index (χ1v) is 6.89. The Bertz CT molecular complexity index is 481. The van der Waals surface area contributed by atoms with Crippen molar-refractivity contribution in [3.05, 3.63) is 40.4 Å². The minimum atomic E-state index is -0.901. The smallest absolute Gasteiger partial charge is 0.105 e. The van der Waals surface area contributed by atoms with E-state index in [-0.39, 0.29) is 5.41 Å². The van der Waals surface area contributed by atoms with Gasteiger partial charge in [0.05, 0.1) is 0 Å². The van der Waals surface area contributed by atoms with Crippen LogP contribution in [0.1, 0.15) is 32.3 Å². The number of benzene rings is 1. The van der Waals surface area contributed by atoms with Gasteiger partial charge in [-0.2, -0.15) is 0 Å². The molecule has 0 aliphatic heterocycles. The Morgan fingerprint density at radius 1 is 1.37 bits per heavy atom. The molecule has 1 unspecified atom stereocenters. The molecule has 1 atom stereocenters. The highest BCUT2D eigenvalue weighted by atomic mass is 35.5. The van der Waals surface area contributed by atoms with Gasteiger partial charge in [-0.1, -0.05) is 43.7 Å². The molecule has 0 radical (unpaired) electrons. The average Bonchev–Trinajstić information content (AvgIpc) is 2.56. The Morgan fingerprint density at radius 2 is 2.00 bits per heavy atom. The molecule has 104 valence electrons. The Balaban J connectivity index is 2.35. The fourth-order valence-electron chi connectivity index (χ4n) is 2.75. The minimum absolute atomic E-state index is 0.183. The summed E-state index contributed by atoms with van der Waals surface area (Å²) in [6.07, 6.45) is 3.88. The number of hydrazine groups is 1. The highest BCUT2D eigenvalue weighted by Gasteiger charge is 2.50. The van der Waals surface area contributed by atoms with Crippen molar-refractivity contribution < 1.29 is 5.11 Å². The largest absolute Gasteiger partial charge is 0.384 e. The molecule has 1 aliphatic rings. The van der Waals surface area contributed by atoms with Crippen LogP contribution >= 0.6 is 11.6 Å². The van der Waals surface area contributed by atoms with E-state index < -0.39 is 5.60 Å². The first-order valence-electron chi connectivity index (χ1n) is 6.51. The zero-order valence-electron chi connectivity index (χ0n) is 11.4. The van der Waals surface area contributed by atoms with Crippen LogP contribution in [0.25, 0.3) is 6.08 Å². The second-order valence-corrected chi connectivity index (χ2v) is 6.28. The number of rotatable bonds is 3. The van der Waals surface area contributed by atoms with Crippen LogP contribution in [0, 0.1) is 5.41 Å². The van der Waals surface area contributed by atoms with Gasteiger partial charge in [0.25, 0.3) is 0 Å². The lowest BCUT2D eigenvalue weighted by Gasteiger charge is -2.37. The zero-order valence-corrected chi connectivity index (χ0v) is 12.2. The van der Waals surface area contributed by atoms with Crippen LogP contribution < -0.4 is 11.3 Å². The van der Waals surface area contributed by atoms with Gasteiger partial charge < -0.3 is 5.11 Å². The summed E-state index contributed by atoms with van der Waals surface area (Å²) in [7, 11) is 0. The number of aliphatic hydroxyl groups is 1. The summed E-state index contributed by atoms with van der Waals surface area (Å²) in [5.74, 6) is 5.44. The fourth-order valence-corrected chi connectivity index (χ4v) is 2.87. The van der Waals surface area contributed by atoms with Crippen LogP contribution in [-0.2, 0) is 0 Å². The van der Waals surface area contributed by atoms with Crippen molar-refractivity contribution in [2.45, 2.75) is 32.3 Å². The monoisotopic (exact) mass is 280 g/mol. The predicted octanol–water partition coefficient (Wildman–Crippen LogP) is 2.74. The molecule has 0 bridgehead atoms. The molecule has 0 spiro atoms. The summed E-state index contributed by atoms with van der Waals surface area (Å²) in [6, 6.07) is 7.62. The Labute approximate surface area is 119 Å². The maximum Gasteiger partial charge on any atom is 0.105 e. The normalized spacial score (nSPS) is 27.9. The van der Waals surface area contributed by atoms with Crippen molar-refractivity contribution in [2.24, 2.45) is 11.3 Å². The summed E-state index contributed by atoms with van der Waals surface area (Å²) in [5.41, 5.74) is 3.61. The van der Waals surface area contributed by atoms with Gasteiger partial charge in [-0.25, -0.2) is 0 Å². The molecule has 0 saturated heterocycles. The van der Waals surface area contributed by atoms with Crippen molar-refractivity contribution in [3.8, 4) is 0 Å². The van der Waals surface area contributed by atoms with E-state index in [9.17, 15) is 5.11 Å². The number of hydrogen-bond acceptors (Lipinski definition) is 3. The number of nitrogens with two attached hydrogens (primary N) is 1. The van der Waals surface area contributed by atoms with Gasteiger partial charge in [0.15, 0.2) is 0 Å². The molecule has 2 rings (SSSR count). The van der Waals surface area contributed by atoms with Gasteiger partial charge in [-0.15, -0.1) is 0 Å². The topological polar surface area (TPSA) is 58.3 Å². The van der Waals surface area contributed by atoms with Gasteiger partial charge in [0.2, 0.25) is 0 Å². The standard InChI is InChI=1S/C15H21ClN2O/c1-14(2)8-7-12(15(14,19)10-18-17)9-11-3-5-13(16)6-4-11/h3-6,9,18-19H,7-8,10,17H2,1-2H3/b12-9+.